The molecule has 17 heavy (non-hydrogen) atoms. The number of rotatable bonds is 1. The Hall–Kier alpha value is -1.97. The topological polar surface area (TPSA) is 20.2 Å². The summed E-state index contributed by atoms with van der Waals surface area (Å²) in [6, 6.07) is 5.55. The second-order valence-corrected chi connectivity index (χ2v) is 3.73. The molecule has 4 heteroatoms. The predicted molar refractivity (Wildman–Crippen MR) is 58.2 cm³/mol. The Morgan fingerprint density at radius 2 is 1.47 bits per heavy atom. The minimum Gasteiger partial charge on any atom is -0.508 e. The summed E-state index contributed by atoms with van der Waals surface area (Å²) in [5.74, 6) is -2.42. The summed E-state index contributed by atoms with van der Waals surface area (Å²) in [5.41, 5.74) is 0.0386. The van der Waals surface area contributed by atoms with Gasteiger partial charge in [-0.2, -0.15) is 0 Å². The van der Waals surface area contributed by atoms with Gasteiger partial charge in [-0.3, -0.25) is 0 Å². The van der Waals surface area contributed by atoms with Crippen LogP contribution in [0.4, 0.5) is 13.2 Å². The van der Waals surface area contributed by atoms with Crippen molar-refractivity contribution in [1.82, 2.24) is 0 Å². The first-order chi connectivity index (χ1) is 7.99. The molecule has 0 aromatic heterocycles. The quantitative estimate of drug-likeness (QED) is 0.801. The van der Waals surface area contributed by atoms with Crippen LogP contribution in [0.3, 0.4) is 0 Å². The van der Waals surface area contributed by atoms with Crippen LogP contribution in [-0.2, 0) is 0 Å². The van der Waals surface area contributed by atoms with Gasteiger partial charge in [0.05, 0.1) is 0 Å². The summed E-state index contributed by atoms with van der Waals surface area (Å²) in [6.07, 6.45) is 0. The van der Waals surface area contributed by atoms with Crippen LogP contribution in [0.25, 0.3) is 11.1 Å². The summed E-state index contributed by atoms with van der Waals surface area (Å²) in [5, 5.41) is 9.05. The lowest BCUT2D eigenvalue weighted by Crippen LogP contribution is -1.92. The molecule has 0 amide bonds. The minimum atomic E-state index is -0.729. The summed E-state index contributed by atoms with van der Waals surface area (Å²) >= 11 is 0. The maximum Gasteiger partial charge on any atom is 0.134 e. The van der Waals surface area contributed by atoms with Crippen LogP contribution >= 0.6 is 0 Å². The van der Waals surface area contributed by atoms with Crippen molar-refractivity contribution in [2.75, 3.05) is 0 Å². The van der Waals surface area contributed by atoms with Gasteiger partial charge in [-0.25, -0.2) is 13.2 Å². The van der Waals surface area contributed by atoms with Gasteiger partial charge >= 0.3 is 0 Å². The summed E-state index contributed by atoms with van der Waals surface area (Å²) < 4.78 is 40.1. The summed E-state index contributed by atoms with van der Waals surface area (Å²) in [4.78, 5) is 0. The fourth-order valence-electron chi connectivity index (χ4n) is 1.54. The number of hydrogen-bond donors (Lipinski definition) is 1. The average molecular weight is 238 g/mol. The Kier molecular flexibility index (Phi) is 2.79. The molecule has 0 aliphatic rings. The number of benzene rings is 2. The van der Waals surface area contributed by atoms with Gasteiger partial charge in [-0.1, -0.05) is 0 Å². The lowest BCUT2D eigenvalue weighted by Gasteiger charge is -2.06. The van der Waals surface area contributed by atoms with Crippen LogP contribution in [0.5, 0.6) is 5.75 Å². The van der Waals surface area contributed by atoms with Crippen LogP contribution in [0.15, 0.2) is 30.3 Å². The maximum absolute atomic E-state index is 13.5. The molecular formula is C13H9F3O. The molecule has 0 fully saturated rings. The highest BCUT2D eigenvalue weighted by molar-refractivity contribution is 5.65. The van der Waals surface area contributed by atoms with Crippen molar-refractivity contribution in [2.24, 2.45) is 0 Å². The van der Waals surface area contributed by atoms with Crippen molar-refractivity contribution in [3.05, 3.63) is 53.3 Å². The van der Waals surface area contributed by atoms with Crippen molar-refractivity contribution in [2.45, 2.75) is 6.92 Å². The van der Waals surface area contributed by atoms with Crippen LogP contribution in [-0.4, -0.2) is 5.11 Å². The number of hydrogen-bond acceptors (Lipinski definition) is 1. The Balaban J connectivity index is 2.61. The van der Waals surface area contributed by atoms with Crippen molar-refractivity contribution in [1.29, 1.82) is 0 Å². The van der Waals surface area contributed by atoms with Crippen molar-refractivity contribution in [3.63, 3.8) is 0 Å². The molecule has 0 unspecified atom stereocenters. The van der Waals surface area contributed by atoms with Gasteiger partial charge in [0.1, 0.15) is 23.2 Å². The monoisotopic (exact) mass is 238 g/mol. The standard InChI is InChI=1S/C13H9F3O/c1-7-11(14)4-8(5-12(7)15)10-3-2-9(17)6-13(10)16/h2-6,17H,1H3. The molecule has 0 atom stereocenters. The SMILES string of the molecule is Cc1c(F)cc(-c2ccc(O)cc2F)cc1F. The Morgan fingerprint density at radius 1 is 0.882 bits per heavy atom. The third-order valence-corrected chi connectivity index (χ3v) is 2.54. The predicted octanol–water partition coefficient (Wildman–Crippen LogP) is 3.78. The van der Waals surface area contributed by atoms with Crippen molar-refractivity contribution >= 4 is 0 Å². The van der Waals surface area contributed by atoms with Gasteiger partial charge < -0.3 is 5.11 Å². The maximum atomic E-state index is 13.5. The molecule has 1 nitrogen and oxygen atoms in total. The van der Waals surface area contributed by atoms with Crippen LogP contribution in [0, 0.1) is 24.4 Å². The minimum absolute atomic E-state index is 0.0422. The first kappa shape index (κ1) is 11.5. The molecule has 2 rings (SSSR count). The molecule has 2 aromatic rings. The molecule has 0 bridgehead atoms. The zero-order valence-electron chi connectivity index (χ0n) is 8.97. The van der Waals surface area contributed by atoms with E-state index in [0.29, 0.717) is 0 Å². The summed E-state index contributed by atoms with van der Waals surface area (Å²) in [6.45, 7) is 1.31. The van der Waals surface area contributed by atoms with E-state index in [4.69, 9.17) is 5.11 Å². The Labute approximate surface area is 96.1 Å². The van der Waals surface area contributed by atoms with Gasteiger partial charge in [0.25, 0.3) is 0 Å². The molecule has 0 radical (unpaired) electrons. The Morgan fingerprint density at radius 3 is 2.00 bits per heavy atom. The average Bonchev–Trinajstić information content (AvgIpc) is 2.25. The van der Waals surface area contributed by atoms with Crippen molar-refractivity contribution < 1.29 is 18.3 Å². The van der Waals surface area contributed by atoms with Gasteiger partial charge in [0.2, 0.25) is 0 Å². The molecule has 2 aromatic carbocycles. The van der Waals surface area contributed by atoms with Crippen LogP contribution in [0.1, 0.15) is 5.56 Å². The van der Waals surface area contributed by atoms with E-state index in [1.807, 2.05) is 0 Å². The smallest absolute Gasteiger partial charge is 0.134 e. The first-order valence-electron chi connectivity index (χ1n) is 4.93. The molecule has 0 spiro atoms. The number of phenols is 1. The van der Waals surface area contributed by atoms with Crippen molar-refractivity contribution in [3.8, 4) is 16.9 Å². The van der Waals surface area contributed by atoms with E-state index in [1.54, 1.807) is 0 Å². The molecule has 88 valence electrons. The molecule has 0 saturated carbocycles. The zero-order chi connectivity index (χ0) is 12.6. The highest BCUT2D eigenvalue weighted by Crippen LogP contribution is 2.28. The fraction of sp³-hybridized carbons (Fsp3) is 0.0769. The van der Waals surface area contributed by atoms with Gasteiger partial charge in [-0.05, 0) is 36.8 Å². The number of phenolic OH excluding ortho intramolecular Hbond substituents is 1. The molecular weight excluding hydrogens is 229 g/mol. The van der Waals surface area contributed by atoms with E-state index in [-0.39, 0.29) is 22.4 Å². The lowest BCUT2D eigenvalue weighted by molar-refractivity contribution is 0.469. The molecule has 0 heterocycles. The molecule has 0 aliphatic carbocycles. The lowest BCUT2D eigenvalue weighted by atomic mass is 10.0. The third-order valence-electron chi connectivity index (χ3n) is 2.54. The Bertz CT molecular complexity index is 556. The molecule has 0 aliphatic heterocycles. The van der Waals surface area contributed by atoms with Gasteiger partial charge in [0.15, 0.2) is 0 Å². The van der Waals surface area contributed by atoms with E-state index < -0.39 is 17.5 Å². The second kappa shape index (κ2) is 4.13. The summed E-state index contributed by atoms with van der Waals surface area (Å²) in [7, 11) is 0. The van der Waals surface area contributed by atoms with E-state index in [0.717, 1.165) is 18.2 Å². The highest BCUT2D eigenvalue weighted by atomic mass is 19.1. The number of halogens is 3. The molecule has 0 saturated heterocycles. The second-order valence-electron chi connectivity index (χ2n) is 3.73. The zero-order valence-corrected chi connectivity index (χ0v) is 8.97. The van der Waals surface area contributed by atoms with E-state index >= 15 is 0 Å². The third kappa shape index (κ3) is 2.11. The van der Waals surface area contributed by atoms with Gasteiger partial charge in [-0.15, -0.1) is 0 Å². The molecule has 1 N–H and O–H groups in total. The van der Waals surface area contributed by atoms with Crippen LogP contribution < -0.4 is 0 Å². The highest BCUT2D eigenvalue weighted by Gasteiger charge is 2.11. The normalized spacial score (nSPS) is 10.6. The van der Waals surface area contributed by atoms with Crippen LogP contribution in [0.2, 0.25) is 0 Å². The van der Waals surface area contributed by atoms with Gasteiger partial charge in [0, 0.05) is 17.2 Å². The van der Waals surface area contributed by atoms with E-state index in [2.05, 4.69) is 0 Å². The number of aromatic hydroxyl groups is 1. The first-order valence-corrected chi connectivity index (χ1v) is 4.93. The fourth-order valence-corrected chi connectivity index (χ4v) is 1.54. The largest absolute Gasteiger partial charge is 0.508 e. The van der Waals surface area contributed by atoms with E-state index in [1.165, 1.54) is 19.1 Å². The van der Waals surface area contributed by atoms with E-state index in [9.17, 15) is 13.2 Å².